The van der Waals surface area contributed by atoms with Crippen LogP contribution in [0, 0.1) is 0 Å². The van der Waals surface area contributed by atoms with Gasteiger partial charge in [-0.05, 0) is 32.9 Å². The summed E-state index contributed by atoms with van der Waals surface area (Å²) < 4.78 is 0. The third-order valence-corrected chi connectivity index (χ3v) is 2.41. The van der Waals surface area contributed by atoms with Crippen LogP contribution in [0.5, 0.6) is 0 Å². The lowest BCUT2D eigenvalue weighted by atomic mass is 10.0. The first-order valence-electron chi connectivity index (χ1n) is 5.04. The topological polar surface area (TPSA) is 12.0 Å². The molecule has 0 aromatic heterocycles. The second-order valence-electron chi connectivity index (χ2n) is 4.15. The first-order valence-corrected chi connectivity index (χ1v) is 5.04. The highest BCUT2D eigenvalue weighted by atomic mass is 14.9. The summed E-state index contributed by atoms with van der Waals surface area (Å²) in [6, 6.07) is 10.4. The maximum atomic E-state index is 3.28. The van der Waals surface area contributed by atoms with Crippen molar-refractivity contribution < 1.29 is 0 Å². The van der Waals surface area contributed by atoms with Gasteiger partial charge in [-0.25, -0.2) is 0 Å². The summed E-state index contributed by atoms with van der Waals surface area (Å²) in [7, 11) is 2.00. The largest absolute Gasteiger partial charge is 0.315 e. The van der Waals surface area contributed by atoms with Gasteiger partial charge in [-0.2, -0.15) is 0 Å². The predicted molar refractivity (Wildman–Crippen MR) is 63.2 cm³/mol. The third-order valence-electron chi connectivity index (χ3n) is 2.41. The van der Waals surface area contributed by atoms with Crippen molar-refractivity contribution in [2.24, 2.45) is 0 Å². The Kier molecular flexibility index (Phi) is 3.90. The Bertz CT molecular complexity index is 285. The van der Waals surface area contributed by atoms with Gasteiger partial charge in [0.2, 0.25) is 0 Å². The summed E-state index contributed by atoms with van der Waals surface area (Å²) in [6.45, 7) is 4.39. The SMILES string of the molecule is CNC(C)(C)C/C=C/c1ccccc1. The fraction of sp³-hybridized carbons (Fsp3) is 0.385. The van der Waals surface area contributed by atoms with E-state index in [-0.39, 0.29) is 5.54 Å². The Morgan fingerprint density at radius 1 is 1.21 bits per heavy atom. The molecular weight excluding hydrogens is 170 g/mol. The molecule has 0 saturated heterocycles. The molecule has 0 atom stereocenters. The standard InChI is InChI=1S/C13H19N/c1-13(2,14-3)11-7-10-12-8-5-4-6-9-12/h4-10,14H,11H2,1-3H3/b10-7+. The van der Waals surface area contributed by atoms with Gasteiger partial charge in [0.15, 0.2) is 0 Å². The van der Waals surface area contributed by atoms with Crippen molar-refractivity contribution in [3.05, 3.63) is 42.0 Å². The predicted octanol–water partition coefficient (Wildman–Crippen LogP) is 3.09. The lowest BCUT2D eigenvalue weighted by molar-refractivity contribution is 0.430. The molecule has 0 saturated carbocycles. The van der Waals surface area contributed by atoms with E-state index >= 15 is 0 Å². The molecule has 0 spiro atoms. The van der Waals surface area contributed by atoms with Crippen molar-refractivity contribution in [3.8, 4) is 0 Å². The van der Waals surface area contributed by atoms with Crippen molar-refractivity contribution in [3.63, 3.8) is 0 Å². The summed E-state index contributed by atoms with van der Waals surface area (Å²) in [5, 5.41) is 3.28. The van der Waals surface area contributed by atoms with Crippen LogP contribution in [0.25, 0.3) is 6.08 Å². The Morgan fingerprint density at radius 3 is 2.43 bits per heavy atom. The van der Waals surface area contributed by atoms with Gasteiger partial charge in [-0.3, -0.25) is 0 Å². The number of nitrogens with one attached hydrogen (secondary N) is 1. The van der Waals surface area contributed by atoms with Crippen LogP contribution in [0.3, 0.4) is 0 Å². The molecule has 0 aliphatic carbocycles. The molecule has 0 aliphatic heterocycles. The van der Waals surface area contributed by atoms with E-state index in [0.717, 1.165) is 6.42 Å². The van der Waals surface area contributed by atoms with E-state index < -0.39 is 0 Å². The fourth-order valence-corrected chi connectivity index (χ4v) is 1.16. The molecule has 0 aliphatic rings. The molecule has 1 N–H and O–H groups in total. The van der Waals surface area contributed by atoms with E-state index in [0.29, 0.717) is 0 Å². The first kappa shape index (κ1) is 11.0. The van der Waals surface area contributed by atoms with Crippen molar-refractivity contribution in [1.82, 2.24) is 5.32 Å². The van der Waals surface area contributed by atoms with Crippen molar-refractivity contribution in [2.45, 2.75) is 25.8 Å². The van der Waals surface area contributed by atoms with Gasteiger partial charge in [-0.1, -0.05) is 42.5 Å². The second-order valence-corrected chi connectivity index (χ2v) is 4.15. The van der Waals surface area contributed by atoms with Gasteiger partial charge < -0.3 is 5.32 Å². The maximum Gasteiger partial charge on any atom is 0.0156 e. The van der Waals surface area contributed by atoms with Gasteiger partial charge in [0.1, 0.15) is 0 Å². The zero-order chi connectivity index (χ0) is 10.4. The van der Waals surface area contributed by atoms with E-state index in [9.17, 15) is 0 Å². The fourth-order valence-electron chi connectivity index (χ4n) is 1.16. The zero-order valence-corrected chi connectivity index (χ0v) is 9.25. The minimum atomic E-state index is 0.186. The average Bonchev–Trinajstić information content (AvgIpc) is 2.19. The van der Waals surface area contributed by atoms with Crippen molar-refractivity contribution >= 4 is 6.08 Å². The molecule has 1 aromatic carbocycles. The average molecular weight is 189 g/mol. The Balaban J connectivity index is 2.50. The van der Waals surface area contributed by atoms with Crippen LogP contribution in [0.4, 0.5) is 0 Å². The number of benzene rings is 1. The lowest BCUT2D eigenvalue weighted by Gasteiger charge is -2.21. The van der Waals surface area contributed by atoms with E-state index in [4.69, 9.17) is 0 Å². The van der Waals surface area contributed by atoms with Crippen LogP contribution in [-0.2, 0) is 0 Å². The summed E-state index contributed by atoms with van der Waals surface area (Å²) in [6.07, 6.45) is 5.42. The van der Waals surface area contributed by atoms with Gasteiger partial charge >= 0.3 is 0 Å². The van der Waals surface area contributed by atoms with Gasteiger partial charge in [-0.15, -0.1) is 0 Å². The molecule has 1 rings (SSSR count). The van der Waals surface area contributed by atoms with Gasteiger partial charge in [0, 0.05) is 5.54 Å². The second kappa shape index (κ2) is 4.97. The van der Waals surface area contributed by atoms with Crippen LogP contribution in [0.2, 0.25) is 0 Å². The Morgan fingerprint density at radius 2 is 1.86 bits per heavy atom. The molecule has 76 valence electrons. The maximum absolute atomic E-state index is 3.28. The minimum absolute atomic E-state index is 0.186. The van der Waals surface area contributed by atoms with Crippen LogP contribution < -0.4 is 5.32 Å². The number of rotatable bonds is 4. The minimum Gasteiger partial charge on any atom is -0.315 e. The van der Waals surface area contributed by atoms with Crippen LogP contribution in [0.1, 0.15) is 25.8 Å². The van der Waals surface area contributed by atoms with E-state index in [1.807, 2.05) is 13.1 Å². The van der Waals surface area contributed by atoms with Crippen molar-refractivity contribution in [2.75, 3.05) is 7.05 Å². The van der Waals surface area contributed by atoms with Crippen LogP contribution in [-0.4, -0.2) is 12.6 Å². The molecule has 0 radical (unpaired) electrons. The molecule has 1 nitrogen and oxygen atoms in total. The van der Waals surface area contributed by atoms with E-state index in [1.54, 1.807) is 0 Å². The van der Waals surface area contributed by atoms with Crippen LogP contribution >= 0.6 is 0 Å². The summed E-state index contributed by atoms with van der Waals surface area (Å²) in [5.41, 5.74) is 1.45. The summed E-state index contributed by atoms with van der Waals surface area (Å²) in [5.74, 6) is 0. The monoisotopic (exact) mass is 189 g/mol. The molecule has 0 heterocycles. The summed E-state index contributed by atoms with van der Waals surface area (Å²) in [4.78, 5) is 0. The molecule has 1 heteroatoms. The van der Waals surface area contributed by atoms with E-state index in [1.165, 1.54) is 5.56 Å². The molecule has 14 heavy (non-hydrogen) atoms. The van der Waals surface area contributed by atoms with Gasteiger partial charge in [0.25, 0.3) is 0 Å². The molecule has 0 bridgehead atoms. The zero-order valence-electron chi connectivity index (χ0n) is 9.25. The molecular formula is C13H19N. The Labute approximate surface area is 86.8 Å². The molecule has 0 fully saturated rings. The molecule has 1 aromatic rings. The lowest BCUT2D eigenvalue weighted by Crippen LogP contribution is -2.35. The van der Waals surface area contributed by atoms with Crippen molar-refractivity contribution in [1.29, 1.82) is 0 Å². The molecule has 0 amide bonds. The summed E-state index contributed by atoms with van der Waals surface area (Å²) >= 11 is 0. The highest BCUT2D eigenvalue weighted by Gasteiger charge is 2.10. The quantitative estimate of drug-likeness (QED) is 0.767. The first-order chi connectivity index (χ1) is 6.64. The number of hydrogen-bond acceptors (Lipinski definition) is 1. The van der Waals surface area contributed by atoms with Crippen LogP contribution in [0.15, 0.2) is 36.4 Å². The van der Waals surface area contributed by atoms with Gasteiger partial charge in [0.05, 0.1) is 0 Å². The third kappa shape index (κ3) is 3.75. The smallest absolute Gasteiger partial charge is 0.0156 e. The highest BCUT2D eigenvalue weighted by Crippen LogP contribution is 2.10. The highest BCUT2D eigenvalue weighted by molar-refractivity contribution is 5.48. The Hall–Kier alpha value is -1.08. The van der Waals surface area contributed by atoms with E-state index in [2.05, 4.69) is 55.6 Å². The normalized spacial score (nSPS) is 12.2. The number of hydrogen-bond donors (Lipinski definition) is 1. The molecule has 0 unspecified atom stereocenters.